The molecule has 3 heterocycles. The van der Waals surface area contributed by atoms with Crippen molar-refractivity contribution in [2.75, 3.05) is 26.4 Å². The van der Waals surface area contributed by atoms with Gasteiger partial charge < -0.3 is 89.9 Å². The maximum atomic E-state index is 13.4. The summed E-state index contributed by atoms with van der Waals surface area (Å²) in [6.45, 7) is 1.74. The maximum absolute atomic E-state index is 13.4. The Morgan fingerprint density at radius 1 is 0.417 bits per heavy atom. The largest absolute Gasteiger partial charge is 0.394 e. The zero-order valence-electron chi connectivity index (χ0n) is 51.9. The third-order valence-electron chi connectivity index (χ3n) is 17.0. The Morgan fingerprint density at radius 2 is 0.750 bits per heavy atom. The van der Waals surface area contributed by atoms with E-state index in [1.807, 2.05) is 6.08 Å². The third kappa shape index (κ3) is 30.7. The average Bonchev–Trinajstić information content (AvgIpc) is 2.79. The molecule has 12 N–H and O–H groups in total. The van der Waals surface area contributed by atoms with Crippen molar-refractivity contribution in [3.8, 4) is 0 Å². The molecule has 0 aliphatic carbocycles. The van der Waals surface area contributed by atoms with E-state index in [-0.39, 0.29) is 18.9 Å². The molecule has 84 heavy (non-hydrogen) atoms. The van der Waals surface area contributed by atoms with Crippen molar-refractivity contribution in [2.45, 2.75) is 356 Å². The number of carbonyl (C=O) groups excluding carboxylic acids is 1. The highest BCUT2D eigenvalue weighted by Crippen LogP contribution is 2.33. The number of aliphatic hydroxyl groups excluding tert-OH is 11. The molecule has 3 aliphatic heterocycles. The maximum Gasteiger partial charge on any atom is 0.220 e. The van der Waals surface area contributed by atoms with E-state index in [0.29, 0.717) is 6.42 Å². The number of unbranched alkanes of at least 4 members (excludes halogenated alkanes) is 33. The Hall–Kier alpha value is -1.73. The number of carbonyl (C=O) groups is 1. The molecule has 0 aromatic rings. The minimum absolute atomic E-state index is 0.235. The summed E-state index contributed by atoms with van der Waals surface area (Å²) in [6.07, 6.45) is 25.8. The van der Waals surface area contributed by atoms with Gasteiger partial charge in [0.15, 0.2) is 18.9 Å². The molecule has 3 saturated heterocycles. The SMILES string of the molecule is CCCCCCCCC/C=C\CCCCCCCC(=O)NC(COC1OC(CO)C(OC2OC(CO)C(OC3OC(CO)C(O)C(O)C3O)C(O)C2O)C(O)C1O)C(O)/C=C/CCCCCCCCCCCCCCCCCCCCCCC. The first-order valence-corrected chi connectivity index (χ1v) is 33.6. The molecular formula is C65H121NO18. The lowest BCUT2D eigenvalue weighted by Gasteiger charge is -2.48. The lowest BCUT2D eigenvalue weighted by molar-refractivity contribution is -0.379. The number of hydrogen-bond acceptors (Lipinski definition) is 18. The van der Waals surface area contributed by atoms with Crippen molar-refractivity contribution in [3.05, 3.63) is 24.3 Å². The second-order valence-corrected chi connectivity index (χ2v) is 24.3. The predicted octanol–water partition coefficient (Wildman–Crippen LogP) is 7.88. The van der Waals surface area contributed by atoms with E-state index in [0.717, 1.165) is 64.2 Å². The second kappa shape index (κ2) is 48.2. The molecule has 494 valence electrons. The normalized spacial score (nSPS) is 29.3. The van der Waals surface area contributed by atoms with Crippen molar-refractivity contribution in [3.63, 3.8) is 0 Å². The minimum atomic E-state index is -1.98. The van der Waals surface area contributed by atoms with Crippen LogP contribution in [0.5, 0.6) is 0 Å². The molecule has 3 aliphatic rings. The van der Waals surface area contributed by atoms with E-state index in [9.17, 15) is 61.0 Å². The molecule has 0 aromatic carbocycles. The lowest BCUT2D eigenvalue weighted by Crippen LogP contribution is -2.66. The first-order valence-electron chi connectivity index (χ1n) is 33.6. The Kier molecular flexibility index (Phi) is 43.9. The van der Waals surface area contributed by atoms with E-state index in [2.05, 4.69) is 31.3 Å². The van der Waals surface area contributed by atoms with Gasteiger partial charge in [-0.25, -0.2) is 0 Å². The van der Waals surface area contributed by atoms with E-state index < -0.39 is 124 Å². The summed E-state index contributed by atoms with van der Waals surface area (Å²) in [5.74, 6) is -0.282. The monoisotopic (exact) mass is 1200 g/mol. The molecule has 0 radical (unpaired) electrons. The summed E-state index contributed by atoms with van der Waals surface area (Å²) < 4.78 is 34.3. The van der Waals surface area contributed by atoms with Crippen LogP contribution in [0.3, 0.4) is 0 Å². The van der Waals surface area contributed by atoms with Crippen LogP contribution in [0.2, 0.25) is 0 Å². The Morgan fingerprint density at radius 3 is 1.15 bits per heavy atom. The summed E-state index contributed by atoms with van der Waals surface area (Å²) in [5.41, 5.74) is 0. The number of amides is 1. The highest BCUT2D eigenvalue weighted by Gasteiger charge is 2.53. The quantitative estimate of drug-likeness (QED) is 0.0204. The van der Waals surface area contributed by atoms with Crippen molar-refractivity contribution < 1.29 is 89.4 Å². The van der Waals surface area contributed by atoms with Crippen molar-refractivity contribution in [1.82, 2.24) is 5.32 Å². The minimum Gasteiger partial charge on any atom is -0.394 e. The highest BCUT2D eigenvalue weighted by molar-refractivity contribution is 5.76. The first kappa shape index (κ1) is 76.5. The van der Waals surface area contributed by atoms with Crippen LogP contribution in [0.15, 0.2) is 24.3 Å². The molecule has 19 heteroatoms. The Balaban J connectivity index is 1.46. The number of nitrogens with one attached hydrogen (secondary N) is 1. The van der Waals surface area contributed by atoms with Crippen LogP contribution in [-0.4, -0.2) is 193 Å². The molecule has 0 spiro atoms. The van der Waals surface area contributed by atoms with Gasteiger partial charge in [0.1, 0.15) is 73.2 Å². The van der Waals surface area contributed by atoms with E-state index in [1.54, 1.807) is 6.08 Å². The molecule has 0 bridgehead atoms. The van der Waals surface area contributed by atoms with Gasteiger partial charge in [-0.15, -0.1) is 0 Å². The number of ether oxygens (including phenoxy) is 6. The van der Waals surface area contributed by atoms with Gasteiger partial charge in [-0.3, -0.25) is 4.79 Å². The summed E-state index contributed by atoms with van der Waals surface area (Å²) in [4.78, 5) is 13.4. The van der Waals surface area contributed by atoms with Gasteiger partial charge in [-0.1, -0.05) is 224 Å². The Bertz CT molecular complexity index is 1630. The van der Waals surface area contributed by atoms with Crippen LogP contribution < -0.4 is 5.32 Å². The standard InChI is InChI=1S/C65H121NO18/c1-3-5-7-9-11-13-15-17-19-21-22-23-24-25-26-27-28-30-32-34-36-38-40-42-49(70)48(66-53(71)43-41-39-37-35-33-31-29-20-18-16-14-12-10-8-6-4-2)47-79-63-59(77)56(74)61(51(45-68)81-63)84-65-60(78)57(75)62(52(46-69)82-65)83-64-58(76)55(73)54(72)50(44-67)80-64/h20,29,40,42,48-52,54-65,67-70,72-78H,3-19,21-28,30-39,41,43-47H2,1-2H3,(H,66,71)/b29-20-,42-40+. The fourth-order valence-electron chi connectivity index (χ4n) is 11.5. The zero-order chi connectivity index (χ0) is 61.2. The molecule has 19 nitrogen and oxygen atoms in total. The fraction of sp³-hybridized carbons (Fsp3) is 0.923. The van der Waals surface area contributed by atoms with Crippen LogP contribution in [0.25, 0.3) is 0 Å². The molecule has 0 saturated carbocycles. The van der Waals surface area contributed by atoms with Gasteiger partial charge >= 0.3 is 0 Å². The van der Waals surface area contributed by atoms with Crippen LogP contribution in [0, 0.1) is 0 Å². The highest BCUT2D eigenvalue weighted by atomic mass is 16.8. The van der Waals surface area contributed by atoms with Crippen molar-refractivity contribution in [1.29, 1.82) is 0 Å². The van der Waals surface area contributed by atoms with Crippen LogP contribution in [-0.2, 0) is 33.2 Å². The molecular weight excluding hydrogens is 1080 g/mol. The molecule has 1 amide bonds. The van der Waals surface area contributed by atoms with E-state index >= 15 is 0 Å². The number of aliphatic hydroxyl groups is 11. The first-order chi connectivity index (χ1) is 40.8. The van der Waals surface area contributed by atoms with Gasteiger partial charge in [-0.05, 0) is 44.9 Å². The van der Waals surface area contributed by atoms with Gasteiger partial charge in [0.25, 0.3) is 0 Å². The molecule has 17 atom stereocenters. The number of rotatable bonds is 51. The summed E-state index contributed by atoms with van der Waals surface area (Å²) in [5, 5.41) is 120. The van der Waals surface area contributed by atoms with Gasteiger partial charge in [-0.2, -0.15) is 0 Å². The van der Waals surface area contributed by atoms with Crippen molar-refractivity contribution >= 4 is 5.91 Å². The predicted molar refractivity (Wildman–Crippen MR) is 323 cm³/mol. The second-order valence-electron chi connectivity index (χ2n) is 24.3. The number of allylic oxidation sites excluding steroid dienone is 3. The smallest absolute Gasteiger partial charge is 0.220 e. The van der Waals surface area contributed by atoms with Crippen LogP contribution in [0.4, 0.5) is 0 Å². The summed E-state index contributed by atoms with van der Waals surface area (Å²) in [6, 6.07) is -0.975. The van der Waals surface area contributed by atoms with Gasteiger partial charge in [0.05, 0.1) is 38.6 Å². The molecule has 17 unspecified atom stereocenters. The van der Waals surface area contributed by atoms with Gasteiger partial charge in [0, 0.05) is 6.42 Å². The molecule has 0 aromatic heterocycles. The van der Waals surface area contributed by atoms with Crippen molar-refractivity contribution in [2.24, 2.45) is 0 Å². The lowest BCUT2D eigenvalue weighted by atomic mass is 9.96. The van der Waals surface area contributed by atoms with E-state index in [4.69, 9.17) is 28.4 Å². The van der Waals surface area contributed by atoms with Gasteiger partial charge in [0.2, 0.25) is 5.91 Å². The molecule has 3 fully saturated rings. The van der Waals surface area contributed by atoms with E-state index in [1.165, 1.54) is 161 Å². The number of hydrogen-bond donors (Lipinski definition) is 12. The summed E-state index contributed by atoms with van der Waals surface area (Å²) in [7, 11) is 0. The molecule has 3 rings (SSSR count). The topological polar surface area (TPSA) is 307 Å². The third-order valence-corrected chi connectivity index (χ3v) is 17.0. The van der Waals surface area contributed by atoms with Crippen LogP contribution in [0.1, 0.15) is 251 Å². The fourth-order valence-corrected chi connectivity index (χ4v) is 11.5. The van der Waals surface area contributed by atoms with Crippen LogP contribution >= 0.6 is 0 Å². The average molecular weight is 1200 g/mol. The zero-order valence-corrected chi connectivity index (χ0v) is 51.9. The Labute approximate surface area is 505 Å². The summed E-state index contributed by atoms with van der Waals surface area (Å²) >= 11 is 0.